The van der Waals surface area contributed by atoms with Crippen LogP contribution >= 0.6 is 0 Å². The van der Waals surface area contributed by atoms with Crippen LogP contribution in [0.25, 0.3) is 0 Å². The van der Waals surface area contributed by atoms with Gasteiger partial charge in [0.25, 0.3) is 5.91 Å². The second-order valence-corrected chi connectivity index (χ2v) is 8.36. The number of hydrogen-bond donors (Lipinski definition) is 3. The van der Waals surface area contributed by atoms with Crippen LogP contribution in [0.15, 0.2) is 72.8 Å². The van der Waals surface area contributed by atoms with Gasteiger partial charge in [-0.25, -0.2) is 4.39 Å². The molecule has 35 heavy (non-hydrogen) atoms. The Bertz CT molecular complexity index is 1230. The number of ether oxygens (including phenoxy) is 1. The van der Waals surface area contributed by atoms with E-state index in [4.69, 9.17) is 15.9 Å². The van der Waals surface area contributed by atoms with Gasteiger partial charge in [-0.15, -0.1) is 0 Å². The molecule has 0 saturated carbocycles. The maximum absolute atomic E-state index is 15.0. The molecule has 180 valence electrons. The molecule has 1 unspecified atom stereocenters. The van der Waals surface area contributed by atoms with Crippen molar-refractivity contribution in [2.45, 2.75) is 31.8 Å². The Labute approximate surface area is 203 Å². The third kappa shape index (κ3) is 5.84. The molecule has 1 fully saturated rings. The van der Waals surface area contributed by atoms with Crippen LogP contribution in [0.2, 0.25) is 0 Å². The standard InChI is InChI=1S/C27H27FN4O3/c28-22-17-20(32-15-6-2-5-12-24(32)33)13-14-23(22)31-27(34)25(18-8-3-1-4-9-18)35-21-11-7-10-19(16-21)26(29)30/h1,3-4,7-11,13-14,16-17,25H,2,5-6,12,15H2,(H3,29,30)(H,31,34). The van der Waals surface area contributed by atoms with E-state index >= 15 is 0 Å². The molecule has 1 atom stereocenters. The van der Waals surface area contributed by atoms with Crippen molar-refractivity contribution in [1.82, 2.24) is 0 Å². The van der Waals surface area contributed by atoms with Gasteiger partial charge in [0.15, 0.2) is 0 Å². The molecule has 2 amide bonds. The van der Waals surface area contributed by atoms with Crippen molar-refractivity contribution >= 4 is 29.0 Å². The highest BCUT2D eigenvalue weighted by molar-refractivity contribution is 5.97. The highest BCUT2D eigenvalue weighted by Gasteiger charge is 2.25. The Balaban J connectivity index is 1.56. The van der Waals surface area contributed by atoms with Gasteiger partial charge >= 0.3 is 0 Å². The van der Waals surface area contributed by atoms with Crippen LogP contribution in [0, 0.1) is 11.2 Å². The molecule has 4 rings (SSSR count). The molecule has 8 heteroatoms. The van der Waals surface area contributed by atoms with Gasteiger partial charge in [-0.3, -0.25) is 15.0 Å². The third-order valence-electron chi connectivity index (χ3n) is 5.84. The first-order valence-corrected chi connectivity index (χ1v) is 11.5. The topological polar surface area (TPSA) is 109 Å². The summed E-state index contributed by atoms with van der Waals surface area (Å²) in [6.45, 7) is 0.549. The number of nitrogens with zero attached hydrogens (tertiary/aromatic N) is 1. The minimum absolute atomic E-state index is 0.0111. The Kier molecular flexibility index (Phi) is 7.40. The van der Waals surface area contributed by atoms with Crippen molar-refractivity contribution in [3.63, 3.8) is 0 Å². The number of benzene rings is 3. The van der Waals surface area contributed by atoms with Crippen LogP contribution in [0.4, 0.5) is 15.8 Å². The van der Waals surface area contributed by atoms with Gasteiger partial charge < -0.3 is 20.7 Å². The quantitative estimate of drug-likeness (QED) is 0.338. The monoisotopic (exact) mass is 474 g/mol. The van der Waals surface area contributed by atoms with Crippen LogP contribution in [0.3, 0.4) is 0 Å². The van der Waals surface area contributed by atoms with E-state index < -0.39 is 17.8 Å². The lowest BCUT2D eigenvalue weighted by Gasteiger charge is -2.22. The second-order valence-electron chi connectivity index (χ2n) is 8.36. The van der Waals surface area contributed by atoms with Crippen molar-refractivity contribution in [2.75, 3.05) is 16.8 Å². The summed E-state index contributed by atoms with van der Waals surface area (Å²) in [6, 6.07) is 19.8. The number of carbonyl (C=O) groups excluding carboxylic acids is 2. The smallest absolute Gasteiger partial charge is 0.270 e. The number of carbonyl (C=O) groups is 2. The number of nitrogen functional groups attached to an aromatic ring is 1. The molecule has 0 radical (unpaired) electrons. The molecule has 0 spiro atoms. The van der Waals surface area contributed by atoms with Gasteiger partial charge in [0.05, 0.1) is 5.69 Å². The number of nitrogens with two attached hydrogens (primary N) is 1. The fourth-order valence-electron chi connectivity index (χ4n) is 4.00. The molecule has 7 nitrogen and oxygen atoms in total. The highest BCUT2D eigenvalue weighted by atomic mass is 19.1. The van der Waals surface area contributed by atoms with Crippen LogP contribution in [0.1, 0.15) is 42.9 Å². The van der Waals surface area contributed by atoms with Crippen molar-refractivity contribution in [1.29, 1.82) is 5.41 Å². The van der Waals surface area contributed by atoms with Crippen molar-refractivity contribution in [3.05, 3.63) is 89.7 Å². The zero-order valence-electron chi connectivity index (χ0n) is 19.2. The maximum Gasteiger partial charge on any atom is 0.270 e. The summed E-state index contributed by atoms with van der Waals surface area (Å²) in [5.41, 5.74) is 7.07. The van der Waals surface area contributed by atoms with E-state index in [1.807, 2.05) is 6.07 Å². The van der Waals surface area contributed by atoms with Crippen LogP contribution in [0.5, 0.6) is 5.75 Å². The molecule has 1 saturated heterocycles. The van der Waals surface area contributed by atoms with Crippen molar-refractivity contribution in [3.8, 4) is 5.75 Å². The zero-order valence-corrected chi connectivity index (χ0v) is 19.2. The summed E-state index contributed by atoms with van der Waals surface area (Å²) in [7, 11) is 0. The van der Waals surface area contributed by atoms with Gasteiger partial charge in [-0.05, 0) is 43.2 Å². The Morgan fingerprint density at radius 1 is 1.03 bits per heavy atom. The lowest BCUT2D eigenvalue weighted by molar-refractivity contribution is -0.123. The molecule has 0 aliphatic carbocycles. The maximum atomic E-state index is 15.0. The van der Waals surface area contributed by atoms with Crippen molar-refractivity contribution in [2.24, 2.45) is 5.73 Å². The first-order valence-electron chi connectivity index (χ1n) is 11.5. The number of halogens is 1. The minimum Gasteiger partial charge on any atom is -0.476 e. The molecule has 1 aliphatic rings. The minimum atomic E-state index is -1.08. The van der Waals surface area contributed by atoms with E-state index in [1.165, 1.54) is 12.1 Å². The molecule has 4 N–H and O–H groups in total. The molecule has 1 aliphatic heterocycles. The van der Waals surface area contributed by atoms with Gasteiger partial charge in [-0.1, -0.05) is 48.9 Å². The van der Waals surface area contributed by atoms with Crippen LogP contribution in [-0.2, 0) is 9.59 Å². The number of anilines is 2. The molecule has 0 aromatic heterocycles. The van der Waals surface area contributed by atoms with E-state index in [1.54, 1.807) is 59.5 Å². The van der Waals surface area contributed by atoms with Gasteiger partial charge in [-0.2, -0.15) is 0 Å². The molecule has 1 heterocycles. The fourth-order valence-corrected chi connectivity index (χ4v) is 4.00. The first kappa shape index (κ1) is 23.9. The molecular formula is C27H27FN4O3. The van der Waals surface area contributed by atoms with E-state index in [-0.39, 0.29) is 17.4 Å². The summed E-state index contributed by atoms with van der Waals surface area (Å²) >= 11 is 0. The summed E-state index contributed by atoms with van der Waals surface area (Å²) < 4.78 is 21.0. The number of rotatable bonds is 7. The number of hydrogen-bond acceptors (Lipinski definition) is 4. The average molecular weight is 475 g/mol. The summed E-state index contributed by atoms with van der Waals surface area (Å²) in [5, 5.41) is 10.2. The Hall–Kier alpha value is -4.20. The van der Waals surface area contributed by atoms with Crippen LogP contribution < -0.4 is 20.7 Å². The SMILES string of the molecule is N=C(N)c1cccc(OC(C(=O)Nc2ccc(N3CCCCCC3=O)cc2F)c2ccccc2)c1. The molecular weight excluding hydrogens is 447 g/mol. The molecule has 3 aromatic rings. The fraction of sp³-hybridized carbons (Fsp3) is 0.222. The number of amidine groups is 1. The molecule has 3 aromatic carbocycles. The Morgan fingerprint density at radius 3 is 2.57 bits per heavy atom. The van der Waals surface area contributed by atoms with Crippen LogP contribution in [-0.4, -0.2) is 24.2 Å². The second kappa shape index (κ2) is 10.8. The van der Waals surface area contributed by atoms with E-state index in [0.29, 0.717) is 35.5 Å². The predicted octanol–water partition coefficient (Wildman–Crippen LogP) is 4.78. The lowest BCUT2D eigenvalue weighted by Crippen LogP contribution is -2.30. The highest BCUT2D eigenvalue weighted by Crippen LogP contribution is 2.28. The average Bonchev–Trinajstić information content (AvgIpc) is 3.08. The summed E-state index contributed by atoms with van der Waals surface area (Å²) in [6.07, 6.45) is 2.04. The number of nitrogens with one attached hydrogen (secondary N) is 2. The largest absolute Gasteiger partial charge is 0.476 e. The van der Waals surface area contributed by atoms with Crippen molar-refractivity contribution < 1.29 is 18.7 Å². The van der Waals surface area contributed by atoms with Gasteiger partial charge in [0.2, 0.25) is 12.0 Å². The zero-order chi connectivity index (χ0) is 24.8. The first-order chi connectivity index (χ1) is 16.9. The normalized spacial score (nSPS) is 14.7. The third-order valence-corrected chi connectivity index (χ3v) is 5.84. The summed E-state index contributed by atoms with van der Waals surface area (Å²) in [5.74, 6) is -1.01. The Morgan fingerprint density at radius 2 is 1.83 bits per heavy atom. The van der Waals surface area contributed by atoms with Gasteiger partial charge in [0.1, 0.15) is 17.4 Å². The van der Waals surface area contributed by atoms with E-state index in [9.17, 15) is 14.0 Å². The summed E-state index contributed by atoms with van der Waals surface area (Å²) in [4.78, 5) is 27.2. The molecule has 0 bridgehead atoms. The van der Waals surface area contributed by atoms with Gasteiger partial charge in [0, 0.05) is 29.8 Å². The lowest BCUT2D eigenvalue weighted by atomic mass is 10.1. The van der Waals surface area contributed by atoms with E-state index in [2.05, 4.69) is 5.32 Å². The predicted molar refractivity (Wildman–Crippen MR) is 133 cm³/mol. The number of amides is 2. The van der Waals surface area contributed by atoms with E-state index in [0.717, 1.165) is 19.3 Å².